The molecule has 1 aliphatic rings. The number of ether oxygens (including phenoxy) is 1. The molecular weight excluding hydrogens is 248 g/mol. The fourth-order valence-corrected chi connectivity index (χ4v) is 3.53. The fourth-order valence-electron chi connectivity index (χ4n) is 3.53. The second kappa shape index (κ2) is 6.59. The molecule has 1 aliphatic carbocycles. The van der Waals surface area contributed by atoms with Crippen molar-refractivity contribution in [2.24, 2.45) is 5.73 Å². The topological polar surface area (TPSA) is 38.5 Å². The molecular formula is C17H28N2O. The Morgan fingerprint density at radius 3 is 2.55 bits per heavy atom. The van der Waals surface area contributed by atoms with Gasteiger partial charge in [-0.05, 0) is 44.9 Å². The molecule has 2 rings (SSSR count). The monoisotopic (exact) mass is 276 g/mol. The quantitative estimate of drug-likeness (QED) is 0.868. The van der Waals surface area contributed by atoms with Crippen LogP contribution in [0.15, 0.2) is 24.3 Å². The van der Waals surface area contributed by atoms with Crippen molar-refractivity contribution in [3.8, 4) is 5.75 Å². The van der Waals surface area contributed by atoms with Crippen LogP contribution in [0.25, 0.3) is 0 Å². The molecule has 112 valence electrons. The molecule has 0 aliphatic heterocycles. The van der Waals surface area contributed by atoms with Crippen molar-refractivity contribution < 1.29 is 4.74 Å². The zero-order chi connectivity index (χ0) is 14.6. The van der Waals surface area contributed by atoms with Gasteiger partial charge in [0.05, 0.1) is 7.11 Å². The zero-order valence-corrected chi connectivity index (χ0v) is 13.1. The minimum absolute atomic E-state index is 0.210. The van der Waals surface area contributed by atoms with E-state index in [0.717, 1.165) is 18.7 Å². The lowest BCUT2D eigenvalue weighted by atomic mass is 9.92. The van der Waals surface area contributed by atoms with Gasteiger partial charge in [0, 0.05) is 18.1 Å². The number of hydrogen-bond donors (Lipinski definition) is 1. The molecule has 0 amide bonds. The minimum Gasteiger partial charge on any atom is -0.496 e. The summed E-state index contributed by atoms with van der Waals surface area (Å²) in [4.78, 5) is 2.51. The minimum atomic E-state index is 0.210. The van der Waals surface area contributed by atoms with Crippen molar-refractivity contribution in [1.29, 1.82) is 0 Å². The van der Waals surface area contributed by atoms with E-state index in [1.54, 1.807) is 7.11 Å². The highest BCUT2D eigenvalue weighted by molar-refractivity contribution is 5.33. The Hall–Kier alpha value is -1.06. The van der Waals surface area contributed by atoms with Crippen molar-refractivity contribution in [2.75, 3.05) is 20.7 Å². The summed E-state index contributed by atoms with van der Waals surface area (Å²) < 4.78 is 5.46. The summed E-state index contributed by atoms with van der Waals surface area (Å²) in [5, 5.41) is 0. The van der Waals surface area contributed by atoms with Gasteiger partial charge < -0.3 is 10.5 Å². The number of methoxy groups -OCH3 is 1. The number of nitrogens with zero attached hydrogens (tertiary/aromatic N) is 1. The maximum absolute atomic E-state index is 6.09. The van der Waals surface area contributed by atoms with Gasteiger partial charge in [-0.25, -0.2) is 0 Å². The van der Waals surface area contributed by atoms with Crippen LogP contribution in [0.1, 0.15) is 38.2 Å². The molecule has 0 aromatic heterocycles. The van der Waals surface area contributed by atoms with Crippen LogP contribution in [0, 0.1) is 0 Å². The molecule has 0 bridgehead atoms. The van der Waals surface area contributed by atoms with Crippen LogP contribution in [0.2, 0.25) is 0 Å². The van der Waals surface area contributed by atoms with Crippen molar-refractivity contribution in [2.45, 2.75) is 50.6 Å². The van der Waals surface area contributed by atoms with Gasteiger partial charge in [0.2, 0.25) is 0 Å². The highest BCUT2D eigenvalue weighted by Crippen LogP contribution is 2.35. The highest BCUT2D eigenvalue weighted by Gasteiger charge is 2.38. The third-order valence-electron chi connectivity index (χ3n) is 5.03. The van der Waals surface area contributed by atoms with E-state index in [1.165, 1.54) is 31.2 Å². The first-order valence-corrected chi connectivity index (χ1v) is 7.68. The van der Waals surface area contributed by atoms with Crippen LogP contribution >= 0.6 is 0 Å². The number of hydrogen-bond acceptors (Lipinski definition) is 3. The molecule has 1 aromatic carbocycles. The van der Waals surface area contributed by atoms with E-state index in [4.69, 9.17) is 10.5 Å². The number of likely N-dealkylation sites (N-methyl/N-ethyl adjacent to an activating group) is 1. The summed E-state index contributed by atoms with van der Waals surface area (Å²) in [5.41, 5.74) is 7.58. The normalized spacial score (nSPS) is 19.2. The number of benzene rings is 1. The van der Waals surface area contributed by atoms with Gasteiger partial charge in [0.25, 0.3) is 0 Å². The predicted octanol–water partition coefficient (Wildman–Crippen LogP) is 2.83. The van der Waals surface area contributed by atoms with Crippen LogP contribution < -0.4 is 10.5 Å². The largest absolute Gasteiger partial charge is 0.496 e. The summed E-state index contributed by atoms with van der Waals surface area (Å²) in [6.07, 6.45) is 6.08. The molecule has 1 unspecified atom stereocenters. The Morgan fingerprint density at radius 2 is 1.95 bits per heavy atom. The van der Waals surface area contributed by atoms with Gasteiger partial charge in [-0.3, -0.25) is 4.90 Å². The number of para-hydroxylation sites is 1. The fraction of sp³-hybridized carbons (Fsp3) is 0.647. The molecule has 20 heavy (non-hydrogen) atoms. The van der Waals surface area contributed by atoms with Crippen LogP contribution in [0.3, 0.4) is 0 Å². The Labute approximate surface area is 123 Å². The molecule has 1 aromatic rings. The van der Waals surface area contributed by atoms with E-state index in [2.05, 4.69) is 31.0 Å². The molecule has 0 spiro atoms. The standard InChI is InChI=1S/C17H28N2O/c1-14(12-15-8-4-5-9-16(15)20-3)19(2)17(13-18)10-6-7-11-17/h4-5,8-9,14H,6-7,10-13,18H2,1-3H3. The lowest BCUT2D eigenvalue weighted by molar-refractivity contribution is 0.0893. The second-order valence-corrected chi connectivity index (χ2v) is 6.11. The summed E-state index contributed by atoms with van der Waals surface area (Å²) in [5.74, 6) is 0.987. The van der Waals surface area contributed by atoms with E-state index in [0.29, 0.717) is 6.04 Å². The third-order valence-corrected chi connectivity index (χ3v) is 5.03. The molecule has 3 nitrogen and oxygen atoms in total. The van der Waals surface area contributed by atoms with E-state index in [-0.39, 0.29) is 5.54 Å². The molecule has 0 radical (unpaired) electrons. The molecule has 1 fully saturated rings. The maximum Gasteiger partial charge on any atom is 0.122 e. The number of nitrogens with two attached hydrogens (primary N) is 1. The Bertz CT molecular complexity index is 427. The summed E-state index contributed by atoms with van der Waals surface area (Å²) in [6.45, 7) is 3.06. The summed E-state index contributed by atoms with van der Waals surface area (Å²) in [7, 11) is 3.98. The SMILES string of the molecule is COc1ccccc1CC(C)N(C)C1(CN)CCCC1. The van der Waals surface area contributed by atoms with Gasteiger partial charge in [0.1, 0.15) is 5.75 Å². The predicted molar refractivity (Wildman–Crippen MR) is 84.2 cm³/mol. The van der Waals surface area contributed by atoms with Gasteiger partial charge in [-0.1, -0.05) is 31.0 Å². The summed E-state index contributed by atoms with van der Waals surface area (Å²) >= 11 is 0. The van der Waals surface area contributed by atoms with E-state index in [9.17, 15) is 0 Å². The molecule has 3 heteroatoms. The molecule has 2 N–H and O–H groups in total. The first kappa shape index (κ1) is 15.3. The third kappa shape index (κ3) is 2.99. The first-order valence-electron chi connectivity index (χ1n) is 7.68. The molecule has 0 heterocycles. The Morgan fingerprint density at radius 1 is 1.30 bits per heavy atom. The lowest BCUT2D eigenvalue weighted by Crippen LogP contribution is -2.54. The number of rotatable bonds is 6. The Balaban J connectivity index is 2.09. The molecule has 1 atom stereocenters. The van der Waals surface area contributed by atoms with Crippen LogP contribution in [-0.4, -0.2) is 37.2 Å². The molecule has 1 saturated carbocycles. The van der Waals surface area contributed by atoms with E-state index < -0.39 is 0 Å². The van der Waals surface area contributed by atoms with Crippen LogP contribution in [-0.2, 0) is 6.42 Å². The van der Waals surface area contributed by atoms with Crippen molar-refractivity contribution in [1.82, 2.24) is 4.90 Å². The zero-order valence-electron chi connectivity index (χ0n) is 13.1. The Kier molecular flexibility index (Phi) is 5.06. The van der Waals surface area contributed by atoms with Crippen LogP contribution in [0.5, 0.6) is 5.75 Å². The van der Waals surface area contributed by atoms with Crippen molar-refractivity contribution in [3.05, 3.63) is 29.8 Å². The average molecular weight is 276 g/mol. The van der Waals surface area contributed by atoms with Gasteiger partial charge >= 0.3 is 0 Å². The summed E-state index contributed by atoms with van der Waals surface area (Å²) in [6, 6.07) is 8.77. The van der Waals surface area contributed by atoms with Gasteiger partial charge in [-0.15, -0.1) is 0 Å². The van der Waals surface area contributed by atoms with Crippen molar-refractivity contribution >= 4 is 0 Å². The molecule has 0 saturated heterocycles. The van der Waals surface area contributed by atoms with Crippen molar-refractivity contribution in [3.63, 3.8) is 0 Å². The van der Waals surface area contributed by atoms with Crippen LogP contribution in [0.4, 0.5) is 0 Å². The smallest absolute Gasteiger partial charge is 0.122 e. The second-order valence-electron chi connectivity index (χ2n) is 6.11. The highest BCUT2D eigenvalue weighted by atomic mass is 16.5. The lowest BCUT2D eigenvalue weighted by Gasteiger charge is -2.42. The van der Waals surface area contributed by atoms with Gasteiger partial charge in [-0.2, -0.15) is 0 Å². The van der Waals surface area contributed by atoms with E-state index in [1.807, 2.05) is 12.1 Å². The van der Waals surface area contributed by atoms with E-state index >= 15 is 0 Å². The average Bonchev–Trinajstić information content (AvgIpc) is 2.97. The first-order chi connectivity index (χ1) is 9.63. The maximum atomic E-state index is 6.09. The van der Waals surface area contributed by atoms with Gasteiger partial charge in [0.15, 0.2) is 0 Å².